The molecule has 0 bridgehead atoms. The molecule has 4 aliphatic rings. The molecule has 2 aromatic rings. The lowest BCUT2D eigenvalue weighted by molar-refractivity contribution is -0.144. The molecular formula is C34H43N7O7S. The standard InChI is InChI=1S/C34H43N7O7S/c1-5-21-16-34(21,32(46)40-49(47,48)23-9-10-23)39-30(44)26-15-22(36-29(43)25-11-8-20-17-35-13-12-24(20)37-25)18-41(26)31(45)28(33(2,3)4)38-27(42)14-19-6-7-19/h5,8,11-13,17,19,21-23,26,28H,1,6-7,9-10,14-16,18H2,2-4H3,(H,36,43)(H,38,42)(H,39,44)(H,40,46)/t21?,22-,26+,28-,34?/m1/s1. The van der Waals surface area contributed by atoms with Crippen LogP contribution in [-0.2, 0) is 29.2 Å². The molecular weight excluding hydrogens is 650 g/mol. The Morgan fingerprint density at radius 1 is 1.10 bits per heavy atom. The van der Waals surface area contributed by atoms with Gasteiger partial charge in [-0.05, 0) is 68.1 Å². The van der Waals surface area contributed by atoms with Crippen LogP contribution >= 0.6 is 0 Å². The maximum absolute atomic E-state index is 14.3. The van der Waals surface area contributed by atoms with Crippen LogP contribution in [0.2, 0.25) is 0 Å². The first kappa shape index (κ1) is 34.5. The minimum Gasteiger partial charge on any atom is -0.346 e. The van der Waals surface area contributed by atoms with E-state index < -0.39 is 73.9 Å². The van der Waals surface area contributed by atoms with Gasteiger partial charge in [-0.15, -0.1) is 6.58 Å². The molecule has 1 aliphatic heterocycles. The van der Waals surface area contributed by atoms with Gasteiger partial charge in [-0.25, -0.2) is 13.4 Å². The van der Waals surface area contributed by atoms with Gasteiger partial charge in [0.2, 0.25) is 27.7 Å². The SMILES string of the molecule is C=CC1CC1(NC(=O)[C@@H]1C[C@@H](NC(=O)c2ccc3cnccc3n2)CN1C(=O)[C@@H](NC(=O)CC1CC1)C(C)(C)C)C(=O)NS(=O)(=O)C1CC1. The van der Waals surface area contributed by atoms with Gasteiger partial charge in [-0.3, -0.25) is 33.7 Å². The van der Waals surface area contributed by atoms with Gasteiger partial charge in [0, 0.05) is 42.7 Å². The molecule has 2 aromatic heterocycles. The van der Waals surface area contributed by atoms with Gasteiger partial charge in [0.1, 0.15) is 23.3 Å². The van der Waals surface area contributed by atoms with Gasteiger partial charge in [-0.2, -0.15) is 0 Å². The minimum atomic E-state index is -3.89. The van der Waals surface area contributed by atoms with E-state index in [1.807, 2.05) is 20.8 Å². The zero-order valence-corrected chi connectivity index (χ0v) is 28.7. The second-order valence-corrected chi connectivity index (χ2v) is 16.8. The second kappa shape index (κ2) is 12.8. The number of hydrogen-bond acceptors (Lipinski definition) is 9. The Hall–Kier alpha value is -4.40. The van der Waals surface area contributed by atoms with Crippen molar-refractivity contribution in [3.05, 3.63) is 48.9 Å². The summed E-state index contributed by atoms with van der Waals surface area (Å²) in [7, 11) is -3.89. The monoisotopic (exact) mass is 693 g/mol. The largest absolute Gasteiger partial charge is 0.346 e. The average Bonchev–Trinajstić information content (AvgIpc) is 3.94. The first-order chi connectivity index (χ1) is 23.1. The van der Waals surface area contributed by atoms with E-state index in [0.29, 0.717) is 30.7 Å². The lowest BCUT2D eigenvalue weighted by Gasteiger charge is -2.35. The summed E-state index contributed by atoms with van der Waals surface area (Å²) in [5.41, 5.74) is -1.57. The maximum Gasteiger partial charge on any atom is 0.270 e. The molecule has 2 unspecified atom stereocenters. The Morgan fingerprint density at radius 3 is 2.47 bits per heavy atom. The molecule has 262 valence electrons. The van der Waals surface area contributed by atoms with E-state index in [9.17, 15) is 32.4 Å². The lowest BCUT2D eigenvalue weighted by Crippen LogP contribution is -2.60. The van der Waals surface area contributed by atoms with E-state index >= 15 is 0 Å². The summed E-state index contributed by atoms with van der Waals surface area (Å²) in [6, 6.07) is 2.16. The molecule has 3 aliphatic carbocycles. The van der Waals surface area contributed by atoms with Crippen LogP contribution in [0.5, 0.6) is 0 Å². The summed E-state index contributed by atoms with van der Waals surface area (Å²) >= 11 is 0. The first-order valence-electron chi connectivity index (χ1n) is 16.7. The zero-order chi connectivity index (χ0) is 35.3. The minimum absolute atomic E-state index is 0.00449. The number of hydrogen-bond donors (Lipinski definition) is 4. The zero-order valence-electron chi connectivity index (χ0n) is 27.9. The van der Waals surface area contributed by atoms with Crippen LogP contribution in [0, 0.1) is 17.3 Å². The van der Waals surface area contributed by atoms with Crippen molar-refractivity contribution in [1.82, 2.24) is 35.5 Å². The smallest absolute Gasteiger partial charge is 0.270 e. The molecule has 14 nitrogen and oxygen atoms in total. The third kappa shape index (κ3) is 7.46. The quantitative estimate of drug-likeness (QED) is 0.237. The number of nitrogens with zero attached hydrogens (tertiary/aromatic N) is 3. The number of rotatable bonds is 12. The van der Waals surface area contributed by atoms with E-state index in [1.54, 1.807) is 30.6 Å². The van der Waals surface area contributed by atoms with Gasteiger partial charge in [-0.1, -0.05) is 26.8 Å². The van der Waals surface area contributed by atoms with Crippen LogP contribution in [0.1, 0.15) is 76.2 Å². The summed E-state index contributed by atoms with van der Waals surface area (Å²) in [6.07, 6.45) is 7.98. The number of carbonyl (C=O) groups is 5. The van der Waals surface area contributed by atoms with Gasteiger partial charge < -0.3 is 20.9 Å². The molecule has 3 heterocycles. The number of fused-ring (bicyclic) bond motifs is 1. The van der Waals surface area contributed by atoms with Gasteiger partial charge >= 0.3 is 0 Å². The summed E-state index contributed by atoms with van der Waals surface area (Å²) < 4.78 is 27.4. The number of carbonyl (C=O) groups excluding carboxylic acids is 5. The van der Waals surface area contributed by atoms with Crippen LogP contribution in [0.15, 0.2) is 43.2 Å². The van der Waals surface area contributed by atoms with Crippen molar-refractivity contribution in [1.29, 1.82) is 0 Å². The van der Waals surface area contributed by atoms with Crippen molar-refractivity contribution in [2.45, 2.75) is 94.6 Å². The van der Waals surface area contributed by atoms with E-state index in [2.05, 4.69) is 37.2 Å². The highest BCUT2D eigenvalue weighted by Gasteiger charge is 2.62. The molecule has 3 saturated carbocycles. The van der Waals surface area contributed by atoms with Crippen LogP contribution in [0.4, 0.5) is 0 Å². The van der Waals surface area contributed by atoms with Crippen molar-refractivity contribution >= 4 is 50.5 Å². The molecule has 4 N–H and O–H groups in total. The van der Waals surface area contributed by atoms with E-state index in [1.165, 1.54) is 11.0 Å². The van der Waals surface area contributed by atoms with Crippen molar-refractivity contribution in [3.63, 3.8) is 0 Å². The molecule has 1 saturated heterocycles. The van der Waals surface area contributed by atoms with E-state index in [0.717, 1.165) is 18.2 Å². The van der Waals surface area contributed by atoms with Gasteiger partial charge in [0.25, 0.3) is 11.8 Å². The Kier molecular flexibility index (Phi) is 9.01. The molecule has 0 radical (unpaired) electrons. The fraction of sp³-hybridized carbons (Fsp3) is 0.559. The van der Waals surface area contributed by atoms with Gasteiger partial charge in [0.05, 0.1) is 10.8 Å². The molecule has 15 heteroatoms. The maximum atomic E-state index is 14.3. The molecule has 5 atom stereocenters. The number of amides is 5. The van der Waals surface area contributed by atoms with Crippen LogP contribution in [0.3, 0.4) is 0 Å². The fourth-order valence-electron chi connectivity index (χ4n) is 6.42. The van der Waals surface area contributed by atoms with Crippen LogP contribution in [0.25, 0.3) is 10.9 Å². The number of pyridine rings is 2. The summed E-state index contributed by atoms with van der Waals surface area (Å²) in [4.78, 5) is 77.9. The van der Waals surface area contributed by atoms with Crippen molar-refractivity contribution in [2.24, 2.45) is 17.3 Å². The molecule has 6 rings (SSSR count). The van der Waals surface area contributed by atoms with Crippen molar-refractivity contribution < 1.29 is 32.4 Å². The topological polar surface area (TPSA) is 197 Å². The second-order valence-electron chi connectivity index (χ2n) is 14.9. The number of aromatic nitrogens is 2. The Bertz CT molecular complexity index is 1820. The van der Waals surface area contributed by atoms with E-state index in [4.69, 9.17) is 0 Å². The predicted octanol–water partition coefficient (Wildman–Crippen LogP) is 1.33. The highest BCUT2D eigenvalue weighted by atomic mass is 32.2. The van der Waals surface area contributed by atoms with Crippen LogP contribution in [-0.4, -0.2) is 88.3 Å². The highest BCUT2D eigenvalue weighted by molar-refractivity contribution is 7.91. The Labute approximate surface area is 285 Å². The average molecular weight is 694 g/mol. The third-order valence-electron chi connectivity index (χ3n) is 9.78. The molecule has 49 heavy (non-hydrogen) atoms. The number of nitrogens with one attached hydrogen (secondary N) is 4. The normalized spacial score (nSPS) is 25.6. The summed E-state index contributed by atoms with van der Waals surface area (Å²) in [5, 5.41) is 8.66. The summed E-state index contributed by atoms with van der Waals surface area (Å²) in [5.74, 6) is -3.02. The molecule has 4 fully saturated rings. The van der Waals surface area contributed by atoms with Gasteiger partial charge in [0.15, 0.2) is 0 Å². The lowest BCUT2D eigenvalue weighted by atomic mass is 9.85. The number of sulfonamides is 1. The Balaban J connectivity index is 1.24. The van der Waals surface area contributed by atoms with Crippen molar-refractivity contribution in [2.75, 3.05) is 6.54 Å². The highest BCUT2D eigenvalue weighted by Crippen LogP contribution is 2.45. The van der Waals surface area contributed by atoms with Crippen LogP contribution < -0.4 is 20.7 Å². The summed E-state index contributed by atoms with van der Waals surface area (Å²) in [6.45, 7) is 9.14. The first-order valence-corrected chi connectivity index (χ1v) is 18.3. The molecule has 5 amide bonds. The van der Waals surface area contributed by atoms with E-state index in [-0.39, 0.29) is 31.0 Å². The predicted molar refractivity (Wildman–Crippen MR) is 179 cm³/mol. The Morgan fingerprint density at radius 2 is 1.84 bits per heavy atom. The fourth-order valence-corrected chi connectivity index (χ4v) is 7.79. The van der Waals surface area contributed by atoms with Crippen molar-refractivity contribution in [3.8, 4) is 0 Å². The number of likely N-dealkylation sites (tertiary alicyclic amines) is 1. The molecule has 0 spiro atoms. The molecule has 0 aromatic carbocycles. The third-order valence-corrected chi connectivity index (χ3v) is 11.6.